The van der Waals surface area contributed by atoms with Crippen LogP contribution in [0.5, 0.6) is 0 Å². The standard InChI is InChI=1S/C14H24N2O3/c15-11-4-1-3-10(11)14(17)16-6-8-19-13(9-16)12-5-2-7-18-12/h10-13H,1-9,15H2/t10-,11+,12+,13-/m0/s1. The van der Waals surface area contributed by atoms with E-state index in [9.17, 15) is 4.79 Å². The average molecular weight is 268 g/mol. The van der Waals surface area contributed by atoms with E-state index in [1.54, 1.807) is 0 Å². The molecule has 2 N–H and O–H groups in total. The van der Waals surface area contributed by atoms with Crippen molar-refractivity contribution in [2.45, 2.75) is 50.4 Å². The van der Waals surface area contributed by atoms with Crippen LogP contribution in [-0.2, 0) is 14.3 Å². The summed E-state index contributed by atoms with van der Waals surface area (Å²) < 4.78 is 11.5. The minimum atomic E-state index is 0.0308. The van der Waals surface area contributed by atoms with Gasteiger partial charge in [-0.15, -0.1) is 0 Å². The Morgan fingerprint density at radius 1 is 1.05 bits per heavy atom. The predicted molar refractivity (Wildman–Crippen MR) is 70.6 cm³/mol. The molecule has 0 spiro atoms. The largest absolute Gasteiger partial charge is 0.375 e. The molecule has 108 valence electrons. The fourth-order valence-electron chi connectivity index (χ4n) is 3.53. The first-order valence-electron chi connectivity index (χ1n) is 7.53. The maximum atomic E-state index is 12.5. The second-order valence-electron chi connectivity index (χ2n) is 5.95. The summed E-state index contributed by atoms with van der Waals surface area (Å²) in [5.41, 5.74) is 6.04. The van der Waals surface area contributed by atoms with E-state index in [0.29, 0.717) is 19.7 Å². The fourth-order valence-corrected chi connectivity index (χ4v) is 3.53. The lowest BCUT2D eigenvalue weighted by Crippen LogP contribution is -2.52. The van der Waals surface area contributed by atoms with E-state index in [1.807, 2.05) is 4.90 Å². The average Bonchev–Trinajstić information content (AvgIpc) is 3.09. The van der Waals surface area contributed by atoms with Crippen LogP contribution in [0.25, 0.3) is 0 Å². The highest BCUT2D eigenvalue weighted by Gasteiger charge is 2.37. The minimum absolute atomic E-state index is 0.0308. The van der Waals surface area contributed by atoms with Gasteiger partial charge in [0.05, 0.1) is 18.6 Å². The molecule has 0 unspecified atom stereocenters. The molecular formula is C14H24N2O3. The van der Waals surface area contributed by atoms with Crippen LogP contribution >= 0.6 is 0 Å². The summed E-state index contributed by atoms with van der Waals surface area (Å²) >= 11 is 0. The van der Waals surface area contributed by atoms with Crippen molar-refractivity contribution in [3.05, 3.63) is 0 Å². The van der Waals surface area contributed by atoms with E-state index in [0.717, 1.165) is 38.7 Å². The van der Waals surface area contributed by atoms with Crippen molar-refractivity contribution in [1.29, 1.82) is 0 Å². The van der Waals surface area contributed by atoms with Gasteiger partial charge in [0.25, 0.3) is 0 Å². The molecule has 1 amide bonds. The fraction of sp³-hybridized carbons (Fsp3) is 0.929. The molecule has 4 atom stereocenters. The summed E-state index contributed by atoms with van der Waals surface area (Å²) in [6.07, 6.45) is 5.39. The highest BCUT2D eigenvalue weighted by molar-refractivity contribution is 5.80. The van der Waals surface area contributed by atoms with E-state index >= 15 is 0 Å². The Morgan fingerprint density at radius 2 is 1.89 bits per heavy atom. The first kappa shape index (κ1) is 13.3. The number of hydrogen-bond donors (Lipinski definition) is 1. The number of ether oxygens (including phenoxy) is 2. The number of nitrogens with two attached hydrogens (primary N) is 1. The van der Waals surface area contributed by atoms with Crippen LogP contribution in [0.1, 0.15) is 32.1 Å². The zero-order chi connectivity index (χ0) is 13.2. The first-order valence-corrected chi connectivity index (χ1v) is 7.53. The van der Waals surface area contributed by atoms with Crippen molar-refractivity contribution in [1.82, 2.24) is 4.90 Å². The molecule has 2 saturated heterocycles. The molecule has 5 nitrogen and oxygen atoms in total. The van der Waals surface area contributed by atoms with Gasteiger partial charge in [-0.1, -0.05) is 6.42 Å². The summed E-state index contributed by atoms with van der Waals surface area (Å²) in [5.74, 6) is 0.263. The topological polar surface area (TPSA) is 64.8 Å². The third-order valence-corrected chi connectivity index (χ3v) is 4.67. The molecule has 2 heterocycles. The molecule has 2 aliphatic heterocycles. The lowest BCUT2D eigenvalue weighted by Gasteiger charge is -2.37. The Labute approximate surface area is 114 Å². The van der Waals surface area contributed by atoms with Gasteiger partial charge in [0.1, 0.15) is 6.10 Å². The number of nitrogens with zero attached hydrogens (tertiary/aromatic N) is 1. The SMILES string of the molecule is N[C@@H]1CCC[C@@H]1C(=O)N1CCO[C@H]([C@H]2CCCO2)C1. The van der Waals surface area contributed by atoms with Crippen LogP contribution < -0.4 is 5.73 Å². The van der Waals surface area contributed by atoms with Crippen LogP contribution in [0.2, 0.25) is 0 Å². The number of rotatable bonds is 2. The molecule has 1 saturated carbocycles. The molecule has 3 fully saturated rings. The maximum Gasteiger partial charge on any atom is 0.227 e. The van der Waals surface area contributed by atoms with Crippen LogP contribution in [0, 0.1) is 5.92 Å². The molecular weight excluding hydrogens is 244 g/mol. The van der Waals surface area contributed by atoms with E-state index in [4.69, 9.17) is 15.2 Å². The number of carbonyl (C=O) groups is 1. The molecule has 0 aromatic heterocycles. The van der Waals surface area contributed by atoms with Gasteiger partial charge in [-0.05, 0) is 25.7 Å². The van der Waals surface area contributed by atoms with Crippen molar-refractivity contribution in [2.75, 3.05) is 26.3 Å². The van der Waals surface area contributed by atoms with E-state index in [-0.39, 0.29) is 30.1 Å². The monoisotopic (exact) mass is 268 g/mol. The Hall–Kier alpha value is -0.650. The summed E-state index contributed by atoms with van der Waals surface area (Å²) in [4.78, 5) is 14.5. The number of hydrogen-bond acceptors (Lipinski definition) is 4. The van der Waals surface area contributed by atoms with Crippen molar-refractivity contribution < 1.29 is 14.3 Å². The summed E-state index contributed by atoms with van der Waals surface area (Å²) in [6.45, 7) is 2.82. The third kappa shape index (κ3) is 2.78. The third-order valence-electron chi connectivity index (χ3n) is 4.67. The minimum Gasteiger partial charge on any atom is -0.375 e. The van der Waals surface area contributed by atoms with Gasteiger partial charge < -0.3 is 20.1 Å². The van der Waals surface area contributed by atoms with E-state index < -0.39 is 0 Å². The normalized spacial score (nSPS) is 39.7. The Bertz CT molecular complexity index is 331. The first-order chi connectivity index (χ1) is 9.25. The van der Waals surface area contributed by atoms with Gasteiger partial charge in [0.15, 0.2) is 0 Å². The molecule has 19 heavy (non-hydrogen) atoms. The van der Waals surface area contributed by atoms with Crippen LogP contribution in [0.15, 0.2) is 0 Å². The second kappa shape index (κ2) is 5.77. The lowest BCUT2D eigenvalue weighted by atomic mass is 10.0. The number of carbonyl (C=O) groups excluding carboxylic acids is 1. The number of morpholine rings is 1. The molecule has 3 aliphatic rings. The van der Waals surface area contributed by atoms with Gasteiger partial charge in [-0.3, -0.25) is 4.79 Å². The Kier molecular flexibility index (Phi) is 4.05. The highest BCUT2D eigenvalue weighted by atomic mass is 16.5. The summed E-state index contributed by atoms with van der Waals surface area (Å²) in [7, 11) is 0. The van der Waals surface area contributed by atoms with Crippen molar-refractivity contribution in [3.63, 3.8) is 0 Å². The molecule has 0 radical (unpaired) electrons. The predicted octanol–water partition coefficient (Wildman–Crippen LogP) is 0.520. The molecule has 1 aliphatic carbocycles. The molecule has 5 heteroatoms. The molecule has 0 bridgehead atoms. The van der Waals surface area contributed by atoms with Gasteiger partial charge in [0, 0.05) is 25.7 Å². The smallest absolute Gasteiger partial charge is 0.227 e. The molecule has 0 aromatic rings. The van der Waals surface area contributed by atoms with E-state index in [1.165, 1.54) is 0 Å². The highest BCUT2D eigenvalue weighted by Crippen LogP contribution is 2.28. The molecule has 0 aromatic carbocycles. The maximum absolute atomic E-state index is 12.5. The van der Waals surface area contributed by atoms with Gasteiger partial charge in [0.2, 0.25) is 5.91 Å². The van der Waals surface area contributed by atoms with Gasteiger partial charge in [-0.25, -0.2) is 0 Å². The second-order valence-corrected chi connectivity index (χ2v) is 5.95. The Balaban J connectivity index is 1.59. The van der Waals surface area contributed by atoms with Crippen molar-refractivity contribution in [3.8, 4) is 0 Å². The van der Waals surface area contributed by atoms with Crippen LogP contribution in [-0.4, -0.2) is 55.4 Å². The van der Waals surface area contributed by atoms with Gasteiger partial charge >= 0.3 is 0 Å². The summed E-state index contributed by atoms with van der Waals surface area (Å²) in [5, 5.41) is 0. The van der Waals surface area contributed by atoms with Gasteiger partial charge in [-0.2, -0.15) is 0 Å². The van der Waals surface area contributed by atoms with E-state index in [2.05, 4.69) is 0 Å². The number of amides is 1. The Morgan fingerprint density at radius 3 is 2.58 bits per heavy atom. The van der Waals surface area contributed by atoms with Crippen molar-refractivity contribution in [2.24, 2.45) is 11.7 Å². The van der Waals surface area contributed by atoms with Crippen molar-refractivity contribution >= 4 is 5.91 Å². The molecule has 3 rings (SSSR count). The van der Waals surface area contributed by atoms with Crippen LogP contribution in [0.4, 0.5) is 0 Å². The quantitative estimate of drug-likeness (QED) is 0.793. The summed E-state index contributed by atoms with van der Waals surface area (Å²) in [6, 6.07) is 0.0523. The zero-order valence-electron chi connectivity index (χ0n) is 11.4. The lowest BCUT2D eigenvalue weighted by molar-refractivity contribution is -0.149. The zero-order valence-corrected chi connectivity index (χ0v) is 11.4. The van der Waals surface area contributed by atoms with Crippen LogP contribution in [0.3, 0.4) is 0 Å².